The minimum Gasteiger partial charge on any atom is -0.481 e. The summed E-state index contributed by atoms with van der Waals surface area (Å²) >= 11 is 0. The molecule has 1 atom stereocenters. The lowest BCUT2D eigenvalue weighted by Gasteiger charge is -2.20. The van der Waals surface area contributed by atoms with Crippen molar-refractivity contribution < 1.29 is 19.4 Å². The van der Waals surface area contributed by atoms with Gasteiger partial charge < -0.3 is 19.5 Å². The lowest BCUT2D eigenvalue weighted by atomic mass is 10.2. The van der Waals surface area contributed by atoms with E-state index in [1.54, 1.807) is 24.9 Å². The molecule has 7 nitrogen and oxygen atoms in total. The highest BCUT2D eigenvalue weighted by molar-refractivity contribution is 5.70. The summed E-state index contributed by atoms with van der Waals surface area (Å²) in [5.41, 5.74) is 0. The topological polar surface area (TPSA) is 84.8 Å². The zero-order valence-electron chi connectivity index (χ0n) is 10.9. The molecular weight excluding hydrogens is 238 g/mol. The summed E-state index contributed by atoms with van der Waals surface area (Å²) in [6.07, 6.45) is 0. The molecule has 0 bridgehead atoms. The van der Waals surface area contributed by atoms with Gasteiger partial charge in [0.25, 0.3) is 0 Å². The molecule has 100 valence electrons. The van der Waals surface area contributed by atoms with Crippen LogP contribution in [0.15, 0.2) is 6.07 Å². The molecule has 0 spiro atoms. The first-order chi connectivity index (χ1) is 8.47. The van der Waals surface area contributed by atoms with Crippen molar-refractivity contribution in [1.29, 1.82) is 0 Å². The molecule has 0 aromatic carbocycles. The first-order valence-electron chi connectivity index (χ1n) is 5.39. The molecule has 1 aromatic rings. The lowest BCUT2D eigenvalue weighted by Crippen LogP contribution is -2.29. The van der Waals surface area contributed by atoms with E-state index in [4.69, 9.17) is 14.6 Å². The summed E-state index contributed by atoms with van der Waals surface area (Å²) in [5.74, 6) is -0.287. The minimum atomic E-state index is -0.864. The molecule has 1 aromatic heterocycles. The van der Waals surface area contributed by atoms with Gasteiger partial charge in [-0.15, -0.1) is 0 Å². The first-order valence-corrected chi connectivity index (χ1v) is 5.39. The van der Waals surface area contributed by atoms with Gasteiger partial charge in [0.05, 0.1) is 26.2 Å². The summed E-state index contributed by atoms with van der Waals surface area (Å²) < 4.78 is 10.1. The molecule has 0 saturated carbocycles. The van der Waals surface area contributed by atoms with Gasteiger partial charge >= 0.3 is 5.97 Å². The Bertz CT molecular complexity index is 402. The van der Waals surface area contributed by atoms with Gasteiger partial charge in [-0.1, -0.05) is 6.92 Å². The molecule has 18 heavy (non-hydrogen) atoms. The maximum atomic E-state index is 10.8. The van der Waals surface area contributed by atoms with E-state index in [1.807, 2.05) is 0 Å². The number of nitrogens with zero attached hydrogens (tertiary/aromatic N) is 3. The van der Waals surface area contributed by atoms with E-state index in [9.17, 15) is 4.79 Å². The van der Waals surface area contributed by atoms with Crippen LogP contribution in [0.4, 0.5) is 5.95 Å². The molecule has 0 amide bonds. The Kier molecular flexibility index (Phi) is 4.70. The molecular formula is C11H17N3O4. The Hall–Kier alpha value is -2.05. The molecule has 0 aliphatic heterocycles. The molecule has 0 fully saturated rings. The van der Waals surface area contributed by atoms with Gasteiger partial charge in [0.15, 0.2) is 0 Å². The van der Waals surface area contributed by atoms with Crippen LogP contribution in [0.3, 0.4) is 0 Å². The van der Waals surface area contributed by atoms with Crippen LogP contribution in [0.25, 0.3) is 0 Å². The Morgan fingerprint density at radius 3 is 2.28 bits per heavy atom. The van der Waals surface area contributed by atoms with Crippen LogP contribution in [-0.2, 0) is 4.79 Å². The van der Waals surface area contributed by atoms with Crippen molar-refractivity contribution in [3.05, 3.63) is 6.07 Å². The highest BCUT2D eigenvalue weighted by atomic mass is 16.5. The number of rotatable bonds is 6. The van der Waals surface area contributed by atoms with Crippen LogP contribution in [0, 0.1) is 5.92 Å². The fourth-order valence-corrected chi connectivity index (χ4v) is 1.34. The fraction of sp³-hybridized carbons (Fsp3) is 0.545. The zero-order valence-corrected chi connectivity index (χ0v) is 10.9. The zero-order chi connectivity index (χ0) is 13.7. The Morgan fingerprint density at radius 2 is 1.89 bits per heavy atom. The average Bonchev–Trinajstić information content (AvgIpc) is 2.37. The van der Waals surface area contributed by atoms with Gasteiger partial charge in [0.1, 0.15) is 0 Å². The van der Waals surface area contributed by atoms with Crippen LogP contribution >= 0.6 is 0 Å². The summed E-state index contributed by atoms with van der Waals surface area (Å²) in [4.78, 5) is 20.7. The number of methoxy groups -OCH3 is 2. The van der Waals surface area contributed by atoms with E-state index < -0.39 is 11.9 Å². The van der Waals surface area contributed by atoms with Crippen molar-refractivity contribution in [2.75, 3.05) is 32.7 Å². The smallest absolute Gasteiger partial charge is 0.308 e. The maximum Gasteiger partial charge on any atom is 0.308 e. The summed E-state index contributed by atoms with van der Waals surface area (Å²) in [5, 5.41) is 8.86. The number of ether oxygens (including phenoxy) is 2. The van der Waals surface area contributed by atoms with E-state index in [1.165, 1.54) is 14.2 Å². The number of carbonyl (C=O) groups is 1. The predicted molar refractivity (Wildman–Crippen MR) is 65.2 cm³/mol. The van der Waals surface area contributed by atoms with Gasteiger partial charge in [0, 0.05) is 13.6 Å². The molecule has 0 radical (unpaired) electrons. The Balaban J connectivity index is 2.90. The van der Waals surface area contributed by atoms with Crippen molar-refractivity contribution in [2.45, 2.75) is 6.92 Å². The molecule has 1 heterocycles. The van der Waals surface area contributed by atoms with Gasteiger partial charge in [-0.3, -0.25) is 4.79 Å². The SMILES string of the molecule is COc1cc(OC)nc(N(C)CC(C)C(=O)O)n1. The number of hydrogen-bond acceptors (Lipinski definition) is 6. The number of carboxylic acids is 1. The number of aliphatic carboxylic acids is 1. The average molecular weight is 255 g/mol. The number of carboxylic acid groups (broad SMARTS) is 1. The summed E-state index contributed by atoms with van der Waals surface area (Å²) in [6, 6.07) is 1.55. The van der Waals surface area contributed by atoms with Crippen LogP contribution < -0.4 is 14.4 Å². The molecule has 7 heteroatoms. The van der Waals surface area contributed by atoms with Crippen molar-refractivity contribution in [3.63, 3.8) is 0 Å². The van der Waals surface area contributed by atoms with Crippen LogP contribution in [0.5, 0.6) is 11.8 Å². The van der Waals surface area contributed by atoms with Crippen molar-refractivity contribution >= 4 is 11.9 Å². The van der Waals surface area contributed by atoms with Crippen molar-refractivity contribution in [3.8, 4) is 11.8 Å². The predicted octanol–water partition coefficient (Wildman–Crippen LogP) is 0.651. The van der Waals surface area contributed by atoms with Crippen molar-refractivity contribution in [2.24, 2.45) is 5.92 Å². The van der Waals surface area contributed by atoms with Gasteiger partial charge in [0.2, 0.25) is 17.7 Å². The summed E-state index contributed by atoms with van der Waals surface area (Å²) in [7, 11) is 4.70. The van der Waals surface area contributed by atoms with E-state index in [-0.39, 0.29) is 0 Å². The van der Waals surface area contributed by atoms with Gasteiger partial charge in [-0.05, 0) is 0 Å². The number of anilines is 1. The third-order valence-electron chi connectivity index (χ3n) is 2.40. The molecule has 0 saturated heterocycles. The molecule has 1 N–H and O–H groups in total. The monoisotopic (exact) mass is 255 g/mol. The van der Waals surface area contributed by atoms with Crippen molar-refractivity contribution in [1.82, 2.24) is 9.97 Å². The maximum absolute atomic E-state index is 10.8. The Labute approximate surface area is 105 Å². The van der Waals surface area contributed by atoms with E-state index in [0.717, 1.165) is 0 Å². The Morgan fingerprint density at radius 1 is 1.39 bits per heavy atom. The standard InChI is InChI=1S/C11H17N3O4/c1-7(10(15)16)6-14(2)11-12-8(17-3)5-9(13-11)18-4/h5,7H,6H2,1-4H3,(H,15,16). The molecule has 0 aliphatic rings. The second-order valence-corrected chi connectivity index (χ2v) is 3.87. The second-order valence-electron chi connectivity index (χ2n) is 3.87. The number of aromatic nitrogens is 2. The largest absolute Gasteiger partial charge is 0.481 e. The normalized spacial score (nSPS) is 11.8. The third-order valence-corrected chi connectivity index (χ3v) is 2.40. The van der Waals surface area contributed by atoms with Gasteiger partial charge in [-0.25, -0.2) is 0 Å². The summed E-state index contributed by atoms with van der Waals surface area (Å²) in [6.45, 7) is 1.92. The second kappa shape index (κ2) is 6.04. The highest BCUT2D eigenvalue weighted by Crippen LogP contribution is 2.19. The molecule has 1 rings (SSSR count). The van der Waals surface area contributed by atoms with Gasteiger partial charge in [-0.2, -0.15) is 9.97 Å². The van der Waals surface area contributed by atoms with Crippen LogP contribution in [0.2, 0.25) is 0 Å². The lowest BCUT2D eigenvalue weighted by molar-refractivity contribution is -0.140. The highest BCUT2D eigenvalue weighted by Gasteiger charge is 2.16. The molecule has 0 aliphatic carbocycles. The third kappa shape index (κ3) is 3.47. The number of hydrogen-bond donors (Lipinski definition) is 1. The quantitative estimate of drug-likeness (QED) is 0.798. The fourth-order valence-electron chi connectivity index (χ4n) is 1.34. The molecule has 1 unspecified atom stereocenters. The first kappa shape index (κ1) is 14.0. The van der Waals surface area contributed by atoms with Crippen LogP contribution in [0.1, 0.15) is 6.92 Å². The van der Waals surface area contributed by atoms with E-state index in [0.29, 0.717) is 24.3 Å². The van der Waals surface area contributed by atoms with E-state index in [2.05, 4.69) is 9.97 Å². The van der Waals surface area contributed by atoms with E-state index >= 15 is 0 Å². The van der Waals surface area contributed by atoms with Crippen LogP contribution in [-0.4, -0.2) is 48.9 Å². The minimum absolute atomic E-state index is 0.297.